The second-order valence-corrected chi connectivity index (χ2v) is 5.52. The molecule has 0 saturated heterocycles. The smallest absolute Gasteiger partial charge is 0.237 e. The van der Waals surface area contributed by atoms with Crippen LogP contribution in [0.2, 0.25) is 0 Å². The number of amides is 1. The van der Waals surface area contributed by atoms with E-state index >= 15 is 0 Å². The standard InChI is InChI=1S/C12H23N3O/c1-15(9-4-2-3-5-9)10-6-7-12(14,8-10)11(13)16/h9-10H,2-8,14H2,1H3,(H2,13,16). The minimum atomic E-state index is -0.752. The molecule has 0 spiro atoms. The van der Waals surface area contributed by atoms with Gasteiger partial charge >= 0.3 is 0 Å². The molecule has 0 bridgehead atoms. The Morgan fingerprint density at radius 3 is 2.38 bits per heavy atom. The zero-order chi connectivity index (χ0) is 11.8. The van der Waals surface area contributed by atoms with Crippen LogP contribution >= 0.6 is 0 Å². The molecule has 4 heteroatoms. The molecule has 4 N–H and O–H groups in total. The SMILES string of the molecule is CN(C1CCCC1)C1CCC(N)(C(N)=O)C1. The monoisotopic (exact) mass is 225 g/mol. The van der Waals surface area contributed by atoms with Crippen molar-refractivity contribution < 1.29 is 4.79 Å². The third-order valence-electron chi connectivity index (χ3n) is 4.49. The van der Waals surface area contributed by atoms with Crippen molar-refractivity contribution >= 4 is 5.91 Å². The van der Waals surface area contributed by atoms with Gasteiger partial charge in [-0.2, -0.15) is 0 Å². The van der Waals surface area contributed by atoms with Crippen LogP contribution in [0.3, 0.4) is 0 Å². The highest BCUT2D eigenvalue weighted by Gasteiger charge is 2.43. The first-order valence-electron chi connectivity index (χ1n) is 6.34. The van der Waals surface area contributed by atoms with Crippen LogP contribution in [-0.4, -0.2) is 35.5 Å². The maximum Gasteiger partial charge on any atom is 0.237 e. The van der Waals surface area contributed by atoms with Crippen LogP contribution < -0.4 is 11.5 Å². The van der Waals surface area contributed by atoms with Gasteiger partial charge in [0, 0.05) is 12.1 Å². The van der Waals surface area contributed by atoms with E-state index in [1.54, 1.807) is 0 Å². The molecule has 0 heterocycles. The van der Waals surface area contributed by atoms with Crippen molar-refractivity contribution in [3.05, 3.63) is 0 Å². The molecule has 2 saturated carbocycles. The Kier molecular flexibility index (Phi) is 3.22. The van der Waals surface area contributed by atoms with Crippen LogP contribution in [0.5, 0.6) is 0 Å². The van der Waals surface area contributed by atoms with Gasteiger partial charge in [0.15, 0.2) is 0 Å². The lowest BCUT2D eigenvalue weighted by Crippen LogP contribution is -2.51. The van der Waals surface area contributed by atoms with Crippen molar-refractivity contribution in [1.29, 1.82) is 0 Å². The molecule has 2 rings (SSSR count). The predicted octanol–water partition coefficient (Wildman–Crippen LogP) is 0.596. The highest BCUT2D eigenvalue weighted by molar-refractivity contribution is 5.84. The lowest BCUT2D eigenvalue weighted by molar-refractivity contribution is -0.123. The van der Waals surface area contributed by atoms with Crippen molar-refractivity contribution in [2.24, 2.45) is 11.5 Å². The molecular weight excluding hydrogens is 202 g/mol. The molecule has 2 atom stereocenters. The van der Waals surface area contributed by atoms with Gasteiger partial charge in [0.1, 0.15) is 0 Å². The second-order valence-electron chi connectivity index (χ2n) is 5.52. The molecule has 0 aromatic carbocycles. The number of carbonyl (C=O) groups excluding carboxylic acids is 1. The van der Waals surface area contributed by atoms with Crippen LogP contribution in [-0.2, 0) is 4.79 Å². The number of primary amides is 1. The van der Waals surface area contributed by atoms with Crippen LogP contribution in [0, 0.1) is 0 Å². The molecule has 2 fully saturated rings. The highest BCUT2D eigenvalue weighted by atomic mass is 16.1. The summed E-state index contributed by atoms with van der Waals surface area (Å²) < 4.78 is 0. The first-order valence-corrected chi connectivity index (χ1v) is 6.34. The number of nitrogens with zero attached hydrogens (tertiary/aromatic N) is 1. The minimum absolute atomic E-state index is 0.338. The van der Waals surface area contributed by atoms with Crippen molar-refractivity contribution in [3.8, 4) is 0 Å². The Bertz CT molecular complexity index is 275. The number of carbonyl (C=O) groups is 1. The van der Waals surface area contributed by atoms with Crippen LogP contribution in [0.25, 0.3) is 0 Å². The van der Waals surface area contributed by atoms with Crippen LogP contribution in [0.4, 0.5) is 0 Å². The largest absolute Gasteiger partial charge is 0.368 e. The summed E-state index contributed by atoms with van der Waals surface area (Å²) in [5.74, 6) is -0.338. The number of rotatable bonds is 3. The molecule has 2 aliphatic rings. The number of hydrogen-bond acceptors (Lipinski definition) is 3. The van der Waals surface area contributed by atoms with E-state index in [9.17, 15) is 4.79 Å². The molecule has 2 unspecified atom stereocenters. The molecule has 4 nitrogen and oxygen atoms in total. The van der Waals surface area contributed by atoms with E-state index < -0.39 is 5.54 Å². The van der Waals surface area contributed by atoms with Gasteiger partial charge in [0.05, 0.1) is 5.54 Å². The lowest BCUT2D eigenvalue weighted by atomic mass is 9.98. The van der Waals surface area contributed by atoms with Gasteiger partial charge in [-0.05, 0) is 39.2 Å². The highest BCUT2D eigenvalue weighted by Crippen LogP contribution is 2.34. The Labute approximate surface area is 97.3 Å². The van der Waals surface area contributed by atoms with Gasteiger partial charge in [0.25, 0.3) is 0 Å². The summed E-state index contributed by atoms with van der Waals surface area (Å²) in [6.45, 7) is 0. The summed E-state index contributed by atoms with van der Waals surface area (Å²) in [5, 5.41) is 0. The summed E-state index contributed by atoms with van der Waals surface area (Å²) in [7, 11) is 2.17. The fourth-order valence-electron chi connectivity index (χ4n) is 3.23. The van der Waals surface area contributed by atoms with Crippen molar-refractivity contribution in [1.82, 2.24) is 4.90 Å². The Hall–Kier alpha value is -0.610. The van der Waals surface area contributed by atoms with Gasteiger partial charge in [-0.3, -0.25) is 4.79 Å². The van der Waals surface area contributed by atoms with Crippen LogP contribution in [0.15, 0.2) is 0 Å². The minimum Gasteiger partial charge on any atom is -0.368 e. The third kappa shape index (κ3) is 2.09. The molecule has 0 aromatic rings. The van der Waals surface area contributed by atoms with Crippen molar-refractivity contribution in [2.75, 3.05) is 7.05 Å². The number of nitrogens with two attached hydrogens (primary N) is 2. The third-order valence-corrected chi connectivity index (χ3v) is 4.49. The first-order chi connectivity index (χ1) is 7.53. The Balaban J connectivity index is 1.95. The summed E-state index contributed by atoms with van der Waals surface area (Å²) in [6, 6.07) is 1.14. The topological polar surface area (TPSA) is 72.3 Å². The van der Waals surface area contributed by atoms with E-state index in [0.717, 1.165) is 19.3 Å². The van der Waals surface area contributed by atoms with E-state index in [-0.39, 0.29) is 5.91 Å². The molecule has 0 aromatic heterocycles. The zero-order valence-corrected chi connectivity index (χ0v) is 10.1. The average Bonchev–Trinajstić information content (AvgIpc) is 2.85. The van der Waals surface area contributed by atoms with Crippen LogP contribution in [0.1, 0.15) is 44.9 Å². The summed E-state index contributed by atoms with van der Waals surface area (Å²) in [4.78, 5) is 13.7. The van der Waals surface area contributed by atoms with Gasteiger partial charge in [-0.1, -0.05) is 12.8 Å². The first kappa shape index (κ1) is 11.9. The zero-order valence-electron chi connectivity index (χ0n) is 10.1. The van der Waals surface area contributed by atoms with Gasteiger partial charge in [0.2, 0.25) is 5.91 Å². The van der Waals surface area contributed by atoms with E-state index in [0.29, 0.717) is 12.1 Å². The maximum atomic E-state index is 11.3. The number of hydrogen-bond donors (Lipinski definition) is 2. The van der Waals surface area contributed by atoms with E-state index in [4.69, 9.17) is 11.5 Å². The normalized spacial score (nSPS) is 36.1. The maximum absolute atomic E-state index is 11.3. The van der Waals surface area contributed by atoms with Gasteiger partial charge < -0.3 is 16.4 Å². The molecule has 92 valence electrons. The molecule has 2 aliphatic carbocycles. The fraction of sp³-hybridized carbons (Fsp3) is 0.917. The van der Waals surface area contributed by atoms with Crippen molar-refractivity contribution in [2.45, 2.75) is 62.6 Å². The Morgan fingerprint density at radius 2 is 1.88 bits per heavy atom. The summed E-state index contributed by atoms with van der Waals surface area (Å²) in [5.41, 5.74) is 10.6. The van der Waals surface area contributed by atoms with E-state index in [1.165, 1.54) is 25.7 Å². The average molecular weight is 225 g/mol. The molecule has 0 aliphatic heterocycles. The quantitative estimate of drug-likeness (QED) is 0.738. The van der Waals surface area contributed by atoms with Gasteiger partial charge in [-0.15, -0.1) is 0 Å². The second kappa shape index (κ2) is 4.34. The van der Waals surface area contributed by atoms with Crippen molar-refractivity contribution in [3.63, 3.8) is 0 Å². The fourth-order valence-corrected chi connectivity index (χ4v) is 3.23. The lowest BCUT2D eigenvalue weighted by Gasteiger charge is -2.31. The van der Waals surface area contributed by atoms with E-state index in [2.05, 4.69) is 11.9 Å². The van der Waals surface area contributed by atoms with E-state index in [1.807, 2.05) is 0 Å². The predicted molar refractivity (Wildman–Crippen MR) is 63.8 cm³/mol. The summed E-state index contributed by atoms with van der Waals surface area (Å²) >= 11 is 0. The Morgan fingerprint density at radius 1 is 1.25 bits per heavy atom. The molecule has 1 amide bonds. The molecule has 16 heavy (non-hydrogen) atoms. The summed E-state index contributed by atoms with van der Waals surface area (Å²) in [6.07, 6.45) is 7.74. The molecule has 0 radical (unpaired) electrons. The van der Waals surface area contributed by atoms with Gasteiger partial charge in [-0.25, -0.2) is 0 Å². The molecular formula is C12H23N3O.